The van der Waals surface area contributed by atoms with Crippen molar-refractivity contribution in [2.75, 3.05) is 26.8 Å². The van der Waals surface area contributed by atoms with Crippen molar-refractivity contribution in [3.05, 3.63) is 39.4 Å². The summed E-state index contributed by atoms with van der Waals surface area (Å²) in [6, 6.07) is 5.36. The van der Waals surface area contributed by atoms with Gasteiger partial charge in [-0.2, -0.15) is 0 Å². The summed E-state index contributed by atoms with van der Waals surface area (Å²) >= 11 is 0. The number of hydrogen-bond acceptors (Lipinski definition) is 8. The smallest absolute Gasteiger partial charge is 0.294 e. The number of carbonyl (C=O) groups is 1. The minimum atomic E-state index is -0.899. The summed E-state index contributed by atoms with van der Waals surface area (Å²) in [5.74, 6) is 0.821. The van der Waals surface area contributed by atoms with Crippen molar-refractivity contribution in [3.63, 3.8) is 0 Å². The Morgan fingerprint density at radius 2 is 2.15 bits per heavy atom. The first-order valence-electron chi connectivity index (χ1n) is 11.4. The number of carbonyl (C=O) groups excluding carboxylic acids is 1. The van der Waals surface area contributed by atoms with Crippen LogP contribution in [0.2, 0.25) is 0 Å². The number of fused-ring (bicyclic) bond motifs is 5. The molecule has 180 valence electrons. The second-order valence-corrected chi connectivity index (χ2v) is 9.67. The predicted molar refractivity (Wildman–Crippen MR) is 118 cm³/mol. The molecule has 4 rings (SSSR count). The Balaban J connectivity index is 1.49. The van der Waals surface area contributed by atoms with Crippen LogP contribution in [0, 0.1) is 27.4 Å². The van der Waals surface area contributed by atoms with Gasteiger partial charge in [0.1, 0.15) is 12.4 Å². The molecule has 2 fully saturated rings. The second kappa shape index (κ2) is 9.17. The molecule has 10 heteroatoms. The van der Waals surface area contributed by atoms with Gasteiger partial charge in [0.15, 0.2) is 6.61 Å². The van der Waals surface area contributed by atoms with Crippen molar-refractivity contribution in [3.8, 4) is 5.75 Å². The average Bonchev–Trinajstić information content (AvgIpc) is 3.08. The third kappa shape index (κ3) is 4.48. The Labute approximate surface area is 192 Å². The molecule has 5 unspecified atom stereocenters. The zero-order chi connectivity index (χ0) is 23.8. The molecule has 5 atom stereocenters. The summed E-state index contributed by atoms with van der Waals surface area (Å²) < 4.78 is 0. The van der Waals surface area contributed by atoms with Crippen LogP contribution in [0.3, 0.4) is 0 Å². The van der Waals surface area contributed by atoms with E-state index in [0.29, 0.717) is 29.9 Å². The molecule has 0 heterocycles. The molecule has 1 amide bonds. The number of phenols is 1. The van der Waals surface area contributed by atoms with E-state index in [1.165, 1.54) is 11.9 Å². The van der Waals surface area contributed by atoms with Gasteiger partial charge in [-0.1, -0.05) is 18.1 Å². The maximum absolute atomic E-state index is 12.3. The van der Waals surface area contributed by atoms with Crippen LogP contribution in [0.1, 0.15) is 56.1 Å². The molecular formula is C23H31N3O7. The second-order valence-electron chi connectivity index (χ2n) is 9.67. The highest BCUT2D eigenvalue weighted by Crippen LogP contribution is 2.61. The molecule has 3 aliphatic carbocycles. The summed E-state index contributed by atoms with van der Waals surface area (Å²) in [5.41, 5.74) is 2.58. The van der Waals surface area contributed by atoms with Crippen molar-refractivity contribution in [1.82, 2.24) is 4.90 Å². The monoisotopic (exact) mass is 461 g/mol. The van der Waals surface area contributed by atoms with Crippen molar-refractivity contribution in [1.29, 1.82) is 0 Å². The van der Waals surface area contributed by atoms with Crippen LogP contribution in [0.25, 0.3) is 0 Å². The Bertz CT molecular complexity index is 952. The first kappa shape index (κ1) is 23.3. The quantitative estimate of drug-likeness (QED) is 0.470. The zero-order valence-electron chi connectivity index (χ0n) is 19.0. The minimum absolute atomic E-state index is 0.0583. The van der Waals surface area contributed by atoms with Crippen molar-refractivity contribution in [2.45, 2.75) is 51.0 Å². The SMILES string of the molecule is CN(CCO[N+](=O)[O-])C(=O)CO/N=C1\CC2C(CCC3(C)C(O)CCC23)c2ccc(O)cc21. The molecule has 1 aromatic carbocycles. The average molecular weight is 462 g/mol. The van der Waals surface area contributed by atoms with Gasteiger partial charge in [-0.25, -0.2) is 0 Å². The predicted octanol–water partition coefficient (Wildman–Crippen LogP) is 2.45. The van der Waals surface area contributed by atoms with Gasteiger partial charge in [0, 0.05) is 19.2 Å². The van der Waals surface area contributed by atoms with E-state index in [9.17, 15) is 25.1 Å². The number of phenolic OH excluding ortho intramolecular Hbond substituents is 1. The first-order valence-corrected chi connectivity index (χ1v) is 11.4. The van der Waals surface area contributed by atoms with E-state index in [1.54, 1.807) is 12.1 Å². The van der Waals surface area contributed by atoms with Gasteiger partial charge in [0.2, 0.25) is 0 Å². The van der Waals surface area contributed by atoms with Crippen LogP contribution >= 0.6 is 0 Å². The summed E-state index contributed by atoms with van der Waals surface area (Å²) in [4.78, 5) is 33.4. The molecular weight excluding hydrogens is 430 g/mol. The Kier molecular flexibility index (Phi) is 6.47. The Hall–Kier alpha value is -2.88. The van der Waals surface area contributed by atoms with Crippen LogP contribution < -0.4 is 0 Å². The fourth-order valence-electron chi connectivity index (χ4n) is 6.12. The molecule has 0 radical (unpaired) electrons. The van der Waals surface area contributed by atoms with E-state index in [0.717, 1.165) is 36.8 Å². The largest absolute Gasteiger partial charge is 0.508 e. The molecule has 2 N–H and O–H groups in total. The highest BCUT2D eigenvalue weighted by atomic mass is 16.9. The van der Waals surface area contributed by atoms with E-state index in [2.05, 4.69) is 16.9 Å². The number of likely N-dealkylation sites (N-methyl/N-ethyl adjacent to an activating group) is 1. The molecule has 2 saturated carbocycles. The van der Waals surface area contributed by atoms with Crippen LogP contribution in [-0.4, -0.2) is 64.7 Å². The summed E-state index contributed by atoms with van der Waals surface area (Å²) in [6.07, 6.45) is 4.14. The van der Waals surface area contributed by atoms with E-state index in [-0.39, 0.29) is 42.9 Å². The molecule has 0 bridgehead atoms. The van der Waals surface area contributed by atoms with Gasteiger partial charge in [0.25, 0.3) is 11.0 Å². The molecule has 0 aromatic heterocycles. The molecule has 0 spiro atoms. The lowest BCUT2D eigenvalue weighted by molar-refractivity contribution is -0.757. The zero-order valence-corrected chi connectivity index (χ0v) is 19.0. The van der Waals surface area contributed by atoms with Crippen LogP contribution in [0.5, 0.6) is 5.75 Å². The topological polar surface area (TPSA) is 135 Å². The van der Waals surface area contributed by atoms with Crippen LogP contribution in [0.15, 0.2) is 23.4 Å². The maximum Gasteiger partial charge on any atom is 0.294 e. The first-order chi connectivity index (χ1) is 15.7. The molecule has 1 aromatic rings. The number of aliphatic hydroxyl groups excluding tert-OH is 1. The van der Waals surface area contributed by atoms with Crippen molar-refractivity contribution in [2.24, 2.45) is 22.4 Å². The standard InChI is InChI=1S/C23H31N3O7/c1-23-8-7-16-15-4-3-14(27)11-18(15)20(12-17(16)19(23)5-6-21(23)28)24-32-13-22(29)25(2)9-10-33-26(30)31/h3-4,11,16-17,19,21,27-28H,5-10,12-13H2,1-2H3/b24-20+. The van der Waals surface area contributed by atoms with E-state index < -0.39 is 5.09 Å². The number of benzene rings is 1. The molecule has 0 aliphatic heterocycles. The lowest BCUT2D eigenvalue weighted by atomic mass is 9.55. The van der Waals surface area contributed by atoms with Gasteiger partial charge >= 0.3 is 0 Å². The third-order valence-corrected chi connectivity index (χ3v) is 7.98. The van der Waals surface area contributed by atoms with E-state index in [1.807, 2.05) is 6.07 Å². The van der Waals surface area contributed by atoms with Crippen LogP contribution in [0.4, 0.5) is 0 Å². The molecule has 10 nitrogen and oxygen atoms in total. The van der Waals surface area contributed by atoms with Gasteiger partial charge in [-0.3, -0.25) is 4.79 Å². The van der Waals surface area contributed by atoms with Crippen LogP contribution in [-0.2, 0) is 14.5 Å². The van der Waals surface area contributed by atoms with E-state index >= 15 is 0 Å². The highest BCUT2D eigenvalue weighted by molar-refractivity contribution is 6.03. The van der Waals surface area contributed by atoms with Gasteiger partial charge in [-0.15, -0.1) is 10.1 Å². The Morgan fingerprint density at radius 3 is 2.91 bits per heavy atom. The molecule has 33 heavy (non-hydrogen) atoms. The summed E-state index contributed by atoms with van der Waals surface area (Å²) in [5, 5.41) is 34.4. The number of hydrogen-bond donors (Lipinski definition) is 2. The van der Waals surface area contributed by atoms with Crippen molar-refractivity contribution >= 4 is 11.6 Å². The van der Waals surface area contributed by atoms with Gasteiger partial charge in [0.05, 0.1) is 11.8 Å². The van der Waals surface area contributed by atoms with Gasteiger partial charge < -0.3 is 24.8 Å². The Morgan fingerprint density at radius 1 is 1.36 bits per heavy atom. The number of rotatable bonds is 7. The summed E-state index contributed by atoms with van der Waals surface area (Å²) in [6.45, 7) is 1.73. The maximum atomic E-state index is 12.3. The number of nitrogens with zero attached hydrogens (tertiary/aromatic N) is 3. The fraction of sp³-hybridized carbons (Fsp3) is 0.652. The molecule has 0 saturated heterocycles. The van der Waals surface area contributed by atoms with Crippen molar-refractivity contribution < 1.29 is 29.8 Å². The number of oxime groups is 1. The lowest BCUT2D eigenvalue weighted by Crippen LogP contribution is -2.45. The summed E-state index contributed by atoms with van der Waals surface area (Å²) in [7, 11) is 1.51. The number of aliphatic hydroxyl groups is 1. The number of amides is 1. The fourth-order valence-corrected chi connectivity index (χ4v) is 6.12. The lowest BCUT2D eigenvalue weighted by Gasteiger charge is -2.50. The third-order valence-electron chi connectivity index (χ3n) is 7.98. The van der Waals surface area contributed by atoms with Gasteiger partial charge in [-0.05, 0) is 73.0 Å². The number of aromatic hydroxyl groups is 1. The highest BCUT2D eigenvalue weighted by Gasteiger charge is 2.55. The normalized spacial score (nSPS) is 31.3. The minimum Gasteiger partial charge on any atom is -0.508 e. The van der Waals surface area contributed by atoms with E-state index in [4.69, 9.17) is 4.84 Å². The molecule has 3 aliphatic rings.